The van der Waals surface area contributed by atoms with Crippen LogP contribution in [-0.4, -0.2) is 44.4 Å². The number of benzene rings is 1. The lowest BCUT2D eigenvalue weighted by Crippen LogP contribution is -2.37. The van der Waals surface area contributed by atoms with Gasteiger partial charge in [-0.1, -0.05) is 0 Å². The van der Waals surface area contributed by atoms with Crippen LogP contribution < -0.4 is 4.74 Å². The standard InChI is InChI=1S/C14H18N2O2/c15-12-13-2-4-14(5-3-13)18-9-1-6-16-7-10-17-11-8-16/h2-5H,1,6-11H2. The smallest absolute Gasteiger partial charge is 0.119 e. The van der Waals surface area contributed by atoms with Crippen LogP contribution in [0.3, 0.4) is 0 Å². The van der Waals surface area contributed by atoms with E-state index in [9.17, 15) is 0 Å². The van der Waals surface area contributed by atoms with Crippen LogP contribution in [0.2, 0.25) is 0 Å². The third-order valence-electron chi connectivity index (χ3n) is 2.97. The molecule has 1 aromatic rings. The minimum atomic E-state index is 0.663. The number of nitrogens with zero attached hydrogens (tertiary/aromatic N) is 2. The van der Waals surface area contributed by atoms with Crippen molar-refractivity contribution in [2.24, 2.45) is 0 Å². The molecule has 2 rings (SSSR count). The molecular weight excluding hydrogens is 228 g/mol. The van der Waals surface area contributed by atoms with Gasteiger partial charge >= 0.3 is 0 Å². The molecule has 0 atom stereocenters. The van der Waals surface area contributed by atoms with Gasteiger partial charge in [-0.2, -0.15) is 5.26 Å². The van der Waals surface area contributed by atoms with E-state index in [2.05, 4.69) is 11.0 Å². The predicted octanol–water partition coefficient (Wildman–Crippen LogP) is 1.66. The molecule has 0 spiro atoms. The molecule has 1 saturated heterocycles. The second-order valence-corrected chi connectivity index (χ2v) is 4.29. The molecular formula is C14H18N2O2. The molecule has 1 aromatic carbocycles. The summed E-state index contributed by atoms with van der Waals surface area (Å²) in [5.41, 5.74) is 0.663. The van der Waals surface area contributed by atoms with E-state index in [4.69, 9.17) is 14.7 Å². The molecule has 0 N–H and O–H groups in total. The van der Waals surface area contributed by atoms with Crippen molar-refractivity contribution >= 4 is 0 Å². The number of nitriles is 1. The average molecular weight is 246 g/mol. The summed E-state index contributed by atoms with van der Waals surface area (Å²) in [6.45, 7) is 5.50. The molecule has 0 saturated carbocycles. The van der Waals surface area contributed by atoms with Gasteiger partial charge < -0.3 is 9.47 Å². The zero-order valence-electron chi connectivity index (χ0n) is 10.5. The molecule has 96 valence electrons. The van der Waals surface area contributed by atoms with Gasteiger partial charge in [-0.05, 0) is 30.7 Å². The van der Waals surface area contributed by atoms with Crippen molar-refractivity contribution in [1.82, 2.24) is 4.90 Å². The van der Waals surface area contributed by atoms with Crippen molar-refractivity contribution in [3.63, 3.8) is 0 Å². The van der Waals surface area contributed by atoms with Gasteiger partial charge in [0.25, 0.3) is 0 Å². The number of rotatable bonds is 5. The highest BCUT2D eigenvalue weighted by molar-refractivity contribution is 5.34. The Hall–Kier alpha value is -1.57. The van der Waals surface area contributed by atoms with Gasteiger partial charge in [-0.15, -0.1) is 0 Å². The molecule has 1 aliphatic heterocycles. The van der Waals surface area contributed by atoms with Gasteiger partial charge in [0.2, 0.25) is 0 Å². The second kappa shape index (κ2) is 7.00. The minimum absolute atomic E-state index is 0.663. The Morgan fingerprint density at radius 2 is 1.94 bits per heavy atom. The lowest BCUT2D eigenvalue weighted by atomic mass is 10.2. The highest BCUT2D eigenvalue weighted by atomic mass is 16.5. The second-order valence-electron chi connectivity index (χ2n) is 4.29. The number of morpholine rings is 1. The maximum atomic E-state index is 8.68. The molecule has 1 fully saturated rings. The first kappa shape index (κ1) is 12.9. The van der Waals surface area contributed by atoms with Gasteiger partial charge in [0, 0.05) is 19.6 Å². The Bertz CT molecular complexity index is 391. The van der Waals surface area contributed by atoms with Gasteiger partial charge in [-0.25, -0.2) is 0 Å². The first-order chi connectivity index (χ1) is 8.88. The molecule has 0 bridgehead atoms. The van der Waals surface area contributed by atoms with Crippen LogP contribution in [0.4, 0.5) is 0 Å². The fourth-order valence-electron chi connectivity index (χ4n) is 1.93. The average Bonchev–Trinajstić information content (AvgIpc) is 2.45. The van der Waals surface area contributed by atoms with E-state index in [0.717, 1.165) is 45.0 Å². The van der Waals surface area contributed by atoms with E-state index in [1.807, 2.05) is 12.1 Å². The molecule has 0 radical (unpaired) electrons. The Morgan fingerprint density at radius 3 is 2.61 bits per heavy atom. The zero-order chi connectivity index (χ0) is 12.6. The molecule has 0 amide bonds. The molecule has 0 aromatic heterocycles. The summed E-state index contributed by atoms with van der Waals surface area (Å²) in [7, 11) is 0. The SMILES string of the molecule is N#Cc1ccc(OCCCN2CCOCC2)cc1. The third kappa shape index (κ3) is 4.02. The quantitative estimate of drug-likeness (QED) is 0.741. The summed E-state index contributed by atoms with van der Waals surface area (Å²) in [5.74, 6) is 0.830. The fourth-order valence-corrected chi connectivity index (χ4v) is 1.93. The lowest BCUT2D eigenvalue weighted by molar-refractivity contribution is 0.0358. The van der Waals surface area contributed by atoms with Crippen LogP contribution in [0.25, 0.3) is 0 Å². The van der Waals surface area contributed by atoms with Crippen LogP contribution in [-0.2, 0) is 4.74 Å². The molecule has 4 nitrogen and oxygen atoms in total. The molecule has 1 heterocycles. The van der Waals surface area contributed by atoms with Crippen LogP contribution >= 0.6 is 0 Å². The number of hydrogen-bond donors (Lipinski definition) is 0. The topological polar surface area (TPSA) is 45.5 Å². The third-order valence-corrected chi connectivity index (χ3v) is 2.97. The van der Waals surface area contributed by atoms with Gasteiger partial charge in [0.15, 0.2) is 0 Å². The molecule has 0 aliphatic carbocycles. The summed E-state index contributed by atoms with van der Waals surface area (Å²) in [6, 6.07) is 9.32. The van der Waals surface area contributed by atoms with Crippen LogP contribution in [0.5, 0.6) is 5.75 Å². The number of hydrogen-bond acceptors (Lipinski definition) is 4. The van der Waals surface area contributed by atoms with Crippen LogP contribution in [0.1, 0.15) is 12.0 Å². The van der Waals surface area contributed by atoms with E-state index in [0.29, 0.717) is 12.2 Å². The summed E-state index contributed by atoms with van der Waals surface area (Å²) in [5, 5.41) is 8.68. The van der Waals surface area contributed by atoms with E-state index in [1.54, 1.807) is 12.1 Å². The van der Waals surface area contributed by atoms with Crippen molar-refractivity contribution in [3.8, 4) is 11.8 Å². The molecule has 0 unspecified atom stereocenters. The highest BCUT2D eigenvalue weighted by Gasteiger charge is 2.09. The Balaban J connectivity index is 1.63. The number of ether oxygens (including phenoxy) is 2. The Labute approximate surface area is 108 Å². The maximum Gasteiger partial charge on any atom is 0.119 e. The first-order valence-corrected chi connectivity index (χ1v) is 6.31. The minimum Gasteiger partial charge on any atom is -0.494 e. The Kier molecular flexibility index (Phi) is 5.00. The molecule has 18 heavy (non-hydrogen) atoms. The van der Waals surface area contributed by atoms with Gasteiger partial charge in [-0.3, -0.25) is 4.90 Å². The highest BCUT2D eigenvalue weighted by Crippen LogP contribution is 2.11. The summed E-state index contributed by atoms with van der Waals surface area (Å²) >= 11 is 0. The summed E-state index contributed by atoms with van der Waals surface area (Å²) in [4.78, 5) is 2.39. The normalized spacial score (nSPS) is 16.2. The zero-order valence-corrected chi connectivity index (χ0v) is 10.5. The predicted molar refractivity (Wildman–Crippen MR) is 68.5 cm³/mol. The lowest BCUT2D eigenvalue weighted by Gasteiger charge is -2.26. The first-order valence-electron chi connectivity index (χ1n) is 6.31. The monoisotopic (exact) mass is 246 g/mol. The summed E-state index contributed by atoms with van der Waals surface area (Å²) in [6.07, 6.45) is 1.01. The van der Waals surface area contributed by atoms with E-state index in [-0.39, 0.29) is 0 Å². The van der Waals surface area contributed by atoms with Gasteiger partial charge in [0.1, 0.15) is 5.75 Å². The van der Waals surface area contributed by atoms with E-state index >= 15 is 0 Å². The van der Waals surface area contributed by atoms with E-state index in [1.165, 1.54) is 0 Å². The van der Waals surface area contributed by atoms with Crippen molar-refractivity contribution < 1.29 is 9.47 Å². The fraction of sp³-hybridized carbons (Fsp3) is 0.500. The van der Waals surface area contributed by atoms with Crippen LogP contribution in [0, 0.1) is 11.3 Å². The van der Waals surface area contributed by atoms with Gasteiger partial charge in [0.05, 0.1) is 31.5 Å². The maximum absolute atomic E-state index is 8.68. The van der Waals surface area contributed by atoms with Crippen molar-refractivity contribution in [2.75, 3.05) is 39.5 Å². The van der Waals surface area contributed by atoms with E-state index < -0.39 is 0 Å². The summed E-state index contributed by atoms with van der Waals surface area (Å²) < 4.78 is 10.9. The molecule has 1 aliphatic rings. The van der Waals surface area contributed by atoms with Crippen molar-refractivity contribution in [1.29, 1.82) is 5.26 Å². The van der Waals surface area contributed by atoms with Crippen LogP contribution in [0.15, 0.2) is 24.3 Å². The largest absolute Gasteiger partial charge is 0.494 e. The Morgan fingerprint density at radius 1 is 1.22 bits per heavy atom. The van der Waals surface area contributed by atoms with Crippen molar-refractivity contribution in [3.05, 3.63) is 29.8 Å². The van der Waals surface area contributed by atoms with Crippen molar-refractivity contribution in [2.45, 2.75) is 6.42 Å². The molecule has 4 heteroatoms.